The van der Waals surface area contributed by atoms with Crippen LogP contribution < -0.4 is 5.32 Å². The van der Waals surface area contributed by atoms with Gasteiger partial charge in [-0.05, 0) is 56.0 Å². The van der Waals surface area contributed by atoms with Crippen molar-refractivity contribution in [1.82, 2.24) is 14.9 Å². The Morgan fingerprint density at radius 3 is 2.75 bits per heavy atom. The van der Waals surface area contributed by atoms with Crippen LogP contribution in [0.15, 0.2) is 12.4 Å². The van der Waals surface area contributed by atoms with Crippen LogP contribution in [0.25, 0.3) is 0 Å². The zero-order valence-electron chi connectivity index (χ0n) is 13.6. The van der Waals surface area contributed by atoms with Crippen LogP contribution in [-0.2, 0) is 13.5 Å². The van der Waals surface area contributed by atoms with E-state index in [1.807, 2.05) is 6.20 Å². The molecule has 0 aliphatic heterocycles. The number of rotatable bonds is 6. The summed E-state index contributed by atoms with van der Waals surface area (Å²) in [5.41, 5.74) is 0. The van der Waals surface area contributed by atoms with Gasteiger partial charge >= 0.3 is 0 Å². The molecule has 1 fully saturated rings. The van der Waals surface area contributed by atoms with Gasteiger partial charge in [-0.15, -0.1) is 0 Å². The van der Waals surface area contributed by atoms with Crippen LogP contribution in [0, 0.1) is 23.7 Å². The zero-order valence-corrected chi connectivity index (χ0v) is 13.6. The number of hydrogen-bond acceptors (Lipinski definition) is 2. The Morgan fingerprint density at radius 2 is 2.15 bits per heavy atom. The number of aryl methyl sites for hydroxylation is 1. The molecule has 1 heterocycles. The smallest absolute Gasteiger partial charge is 0.108 e. The van der Waals surface area contributed by atoms with E-state index in [4.69, 9.17) is 0 Å². The second kappa shape index (κ2) is 7.26. The number of imidazole rings is 1. The highest BCUT2D eigenvalue weighted by atomic mass is 15.0. The molecular formula is C17H31N3. The first kappa shape index (κ1) is 15.6. The van der Waals surface area contributed by atoms with Crippen LogP contribution in [0.3, 0.4) is 0 Å². The fraction of sp³-hybridized carbons (Fsp3) is 0.824. The van der Waals surface area contributed by atoms with Crippen molar-refractivity contribution in [2.75, 3.05) is 13.1 Å². The molecule has 0 spiro atoms. The molecule has 3 heteroatoms. The van der Waals surface area contributed by atoms with E-state index in [0.717, 1.165) is 36.6 Å². The average Bonchev–Trinajstić information content (AvgIpc) is 2.82. The first-order valence-electron chi connectivity index (χ1n) is 8.28. The Balaban J connectivity index is 2.03. The molecule has 20 heavy (non-hydrogen) atoms. The van der Waals surface area contributed by atoms with Crippen LogP contribution >= 0.6 is 0 Å². The summed E-state index contributed by atoms with van der Waals surface area (Å²) in [6.45, 7) is 9.23. The highest BCUT2D eigenvalue weighted by Crippen LogP contribution is 2.38. The molecule has 0 bridgehead atoms. The molecule has 1 aromatic rings. The standard InChI is InChI=1S/C17H31N3/c1-5-18-12-15-7-6-14(13(2)3)10-16(15)11-17-19-8-9-20(17)4/h8-9,13-16,18H,5-7,10-12H2,1-4H3. The minimum Gasteiger partial charge on any atom is -0.338 e. The second-order valence-electron chi connectivity index (χ2n) is 6.80. The molecule has 0 radical (unpaired) electrons. The molecule has 3 unspecified atom stereocenters. The molecule has 0 amide bonds. The maximum atomic E-state index is 4.54. The summed E-state index contributed by atoms with van der Waals surface area (Å²) < 4.78 is 2.18. The average molecular weight is 277 g/mol. The van der Waals surface area contributed by atoms with Gasteiger partial charge in [0.05, 0.1) is 0 Å². The van der Waals surface area contributed by atoms with Crippen molar-refractivity contribution in [1.29, 1.82) is 0 Å². The summed E-state index contributed by atoms with van der Waals surface area (Å²) in [4.78, 5) is 4.54. The lowest BCUT2D eigenvalue weighted by atomic mass is 9.69. The molecule has 3 nitrogen and oxygen atoms in total. The fourth-order valence-corrected chi connectivity index (χ4v) is 3.64. The molecule has 1 saturated carbocycles. The molecule has 3 atom stereocenters. The van der Waals surface area contributed by atoms with E-state index < -0.39 is 0 Å². The Hall–Kier alpha value is -0.830. The van der Waals surface area contributed by atoms with Gasteiger partial charge in [-0.1, -0.05) is 20.8 Å². The van der Waals surface area contributed by atoms with Gasteiger partial charge in [0.1, 0.15) is 5.82 Å². The number of hydrogen-bond donors (Lipinski definition) is 1. The SMILES string of the molecule is CCNCC1CCC(C(C)C)CC1Cc1nccn1C. The predicted octanol–water partition coefficient (Wildman–Crippen LogP) is 3.26. The van der Waals surface area contributed by atoms with Gasteiger partial charge < -0.3 is 9.88 Å². The van der Waals surface area contributed by atoms with Crippen molar-refractivity contribution >= 4 is 0 Å². The van der Waals surface area contributed by atoms with Crippen LogP contribution in [0.4, 0.5) is 0 Å². The van der Waals surface area contributed by atoms with Gasteiger partial charge in [-0.3, -0.25) is 0 Å². The van der Waals surface area contributed by atoms with Crippen molar-refractivity contribution in [2.45, 2.75) is 46.5 Å². The largest absolute Gasteiger partial charge is 0.338 e. The molecular weight excluding hydrogens is 246 g/mol. The molecule has 1 aliphatic carbocycles. The molecule has 114 valence electrons. The summed E-state index contributed by atoms with van der Waals surface area (Å²) in [6.07, 6.45) is 9.30. The Bertz CT molecular complexity index is 397. The van der Waals surface area contributed by atoms with Gasteiger partial charge in [-0.25, -0.2) is 4.98 Å². The van der Waals surface area contributed by atoms with E-state index in [-0.39, 0.29) is 0 Å². The van der Waals surface area contributed by atoms with Gasteiger partial charge in [0, 0.05) is 25.9 Å². The van der Waals surface area contributed by atoms with E-state index in [1.54, 1.807) is 0 Å². The Labute approximate surface area is 124 Å². The number of aromatic nitrogens is 2. The highest BCUT2D eigenvalue weighted by molar-refractivity contribution is 4.96. The molecule has 0 saturated heterocycles. The summed E-state index contributed by atoms with van der Waals surface area (Å²) in [5.74, 6) is 4.58. The van der Waals surface area contributed by atoms with Gasteiger partial charge in [0.25, 0.3) is 0 Å². The summed E-state index contributed by atoms with van der Waals surface area (Å²) in [5, 5.41) is 3.56. The lowest BCUT2D eigenvalue weighted by molar-refractivity contribution is 0.143. The van der Waals surface area contributed by atoms with E-state index in [2.05, 4.69) is 48.9 Å². The van der Waals surface area contributed by atoms with Gasteiger partial charge in [0.2, 0.25) is 0 Å². The van der Waals surface area contributed by atoms with Crippen molar-refractivity contribution in [3.63, 3.8) is 0 Å². The summed E-state index contributed by atoms with van der Waals surface area (Å²) in [7, 11) is 2.12. The lowest BCUT2D eigenvalue weighted by Crippen LogP contribution is -2.35. The van der Waals surface area contributed by atoms with E-state index >= 15 is 0 Å². The van der Waals surface area contributed by atoms with Crippen molar-refractivity contribution < 1.29 is 0 Å². The Morgan fingerprint density at radius 1 is 1.35 bits per heavy atom. The molecule has 1 aromatic heterocycles. The topological polar surface area (TPSA) is 29.9 Å². The molecule has 1 aliphatic rings. The monoisotopic (exact) mass is 277 g/mol. The molecule has 0 aromatic carbocycles. The third-order valence-electron chi connectivity index (χ3n) is 5.15. The summed E-state index contributed by atoms with van der Waals surface area (Å²) >= 11 is 0. The quantitative estimate of drug-likeness (QED) is 0.865. The first-order chi connectivity index (χ1) is 9.61. The first-order valence-corrected chi connectivity index (χ1v) is 8.28. The fourth-order valence-electron chi connectivity index (χ4n) is 3.64. The highest BCUT2D eigenvalue weighted by Gasteiger charge is 2.32. The third kappa shape index (κ3) is 3.85. The third-order valence-corrected chi connectivity index (χ3v) is 5.15. The van der Waals surface area contributed by atoms with Gasteiger partial charge in [0.15, 0.2) is 0 Å². The van der Waals surface area contributed by atoms with Crippen LogP contribution in [0.2, 0.25) is 0 Å². The van der Waals surface area contributed by atoms with Crippen molar-refractivity contribution in [2.24, 2.45) is 30.7 Å². The van der Waals surface area contributed by atoms with Crippen molar-refractivity contribution in [3.05, 3.63) is 18.2 Å². The molecule has 2 rings (SSSR count). The van der Waals surface area contributed by atoms with Gasteiger partial charge in [-0.2, -0.15) is 0 Å². The second-order valence-corrected chi connectivity index (χ2v) is 6.80. The summed E-state index contributed by atoms with van der Waals surface area (Å²) in [6, 6.07) is 0. The maximum absolute atomic E-state index is 4.54. The minimum absolute atomic E-state index is 0.788. The Kier molecular flexibility index (Phi) is 5.64. The number of nitrogens with zero attached hydrogens (tertiary/aromatic N) is 2. The molecule has 1 N–H and O–H groups in total. The minimum atomic E-state index is 0.788. The maximum Gasteiger partial charge on any atom is 0.108 e. The lowest BCUT2D eigenvalue weighted by Gasteiger charge is -2.38. The normalized spacial score (nSPS) is 27.1. The van der Waals surface area contributed by atoms with Crippen LogP contribution in [-0.4, -0.2) is 22.6 Å². The zero-order chi connectivity index (χ0) is 14.5. The van der Waals surface area contributed by atoms with E-state index in [1.165, 1.54) is 31.6 Å². The van der Waals surface area contributed by atoms with E-state index in [9.17, 15) is 0 Å². The van der Waals surface area contributed by atoms with E-state index in [0.29, 0.717) is 0 Å². The van der Waals surface area contributed by atoms with Crippen molar-refractivity contribution in [3.8, 4) is 0 Å². The van der Waals surface area contributed by atoms with Crippen LogP contribution in [0.5, 0.6) is 0 Å². The number of nitrogens with one attached hydrogen (secondary N) is 1. The predicted molar refractivity (Wildman–Crippen MR) is 84.6 cm³/mol. The van der Waals surface area contributed by atoms with Crippen LogP contribution in [0.1, 0.15) is 45.9 Å².